The highest BCUT2D eigenvalue weighted by molar-refractivity contribution is 6.30. The number of pyridine rings is 1. The molecule has 0 bridgehead atoms. The van der Waals surface area contributed by atoms with Crippen molar-refractivity contribution in [1.82, 2.24) is 19.4 Å². The predicted octanol–water partition coefficient (Wildman–Crippen LogP) is 5.58. The van der Waals surface area contributed by atoms with Crippen molar-refractivity contribution in [2.45, 2.75) is 38.6 Å². The Morgan fingerprint density at radius 3 is 2.77 bits per heavy atom. The summed E-state index contributed by atoms with van der Waals surface area (Å²) in [4.78, 5) is 23.3. The average Bonchev–Trinajstić information content (AvgIpc) is 3.26. The Bertz CT molecular complexity index is 1600. The van der Waals surface area contributed by atoms with Gasteiger partial charge in [-0.05, 0) is 54.8 Å². The highest BCUT2D eigenvalue weighted by Gasteiger charge is 2.24. The van der Waals surface area contributed by atoms with Crippen LogP contribution in [0.2, 0.25) is 5.02 Å². The Labute approximate surface area is 235 Å². The maximum absolute atomic E-state index is 14.1. The number of carboxylic acid groups (broad SMARTS) is 1. The van der Waals surface area contributed by atoms with Gasteiger partial charge in [0.15, 0.2) is 0 Å². The molecule has 40 heavy (non-hydrogen) atoms. The lowest BCUT2D eigenvalue weighted by atomic mass is 10.0. The zero-order valence-corrected chi connectivity index (χ0v) is 22.5. The van der Waals surface area contributed by atoms with Crippen molar-refractivity contribution < 1.29 is 23.8 Å². The number of rotatable bonds is 9. The van der Waals surface area contributed by atoms with E-state index in [2.05, 4.69) is 20.5 Å². The molecule has 206 valence electrons. The van der Waals surface area contributed by atoms with Crippen LogP contribution in [0, 0.1) is 5.82 Å². The van der Waals surface area contributed by atoms with Crippen LogP contribution in [0.25, 0.3) is 16.6 Å². The number of fused-ring (bicyclic) bond motifs is 1. The molecule has 0 saturated carbocycles. The van der Waals surface area contributed by atoms with Gasteiger partial charge < -0.3 is 19.1 Å². The zero-order valence-electron chi connectivity index (χ0n) is 21.7. The van der Waals surface area contributed by atoms with E-state index in [0.29, 0.717) is 35.1 Å². The summed E-state index contributed by atoms with van der Waals surface area (Å²) in [5.74, 6) is -0.0419. The molecule has 10 heteroatoms. The molecule has 4 aromatic rings. The molecule has 1 atom stereocenters. The minimum Gasteiger partial charge on any atom is -0.478 e. The van der Waals surface area contributed by atoms with E-state index in [1.165, 1.54) is 6.07 Å². The number of hydrogen-bond donors (Lipinski definition) is 1. The van der Waals surface area contributed by atoms with Gasteiger partial charge in [-0.1, -0.05) is 29.8 Å². The van der Waals surface area contributed by atoms with Crippen molar-refractivity contribution in [1.29, 1.82) is 0 Å². The second kappa shape index (κ2) is 11.4. The third-order valence-corrected chi connectivity index (χ3v) is 7.59. The second-order valence-electron chi connectivity index (χ2n) is 10.0. The van der Waals surface area contributed by atoms with Gasteiger partial charge in [0.25, 0.3) is 0 Å². The largest absolute Gasteiger partial charge is 0.478 e. The SMILES string of the molecule is O=C(O)c1ccc2c(c1)nc(CN1CC=C(c3cccc(OCc4ccc(Cl)cc4F)n3)CC1)n2C[C@@H]1CCO1. The van der Waals surface area contributed by atoms with Crippen LogP contribution in [0.4, 0.5) is 4.39 Å². The normalized spacial score (nSPS) is 17.4. The third-order valence-electron chi connectivity index (χ3n) is 7.36. The molecule has 1 fully saturated rings. The Morgan fingerprint density at radius 2 is 2.05 bits per heavy atom. The minimum atomic E-state index is -0.964. The first-order chi connectivity index (χ1) is 19.4. The van der Waals surface area contributed by atoms with Gasteiger partial charge in [-0.25, -0.2) is 19.2 Å². The van der Waals surface area contributed by atoms with Crippen LogP contribution in [0.1, 0.15) is 40.3 Å². The predicted molar refractivity (Wildman–Crippen MR) is 149 cm³/mol. The molecule has 0 aliphatic carbocycles. The molecular formula is C30H28ClFN4O4. The first kappa shape index (κ1) is 26.4. The number of ether oxygens (including phenoxy) is 2. The Morgan fingerprint density at radius 1 is 1.18 bits per heavy atom. The maximum Gasteiger partial charge on any atom is 0.335 e. The smallest absolute Gasteiger partial charge is 0.335 e. The van der Waals surface area contributed by atoms with Crippen LogP contribution < -0.4 is 4.74 Å². The van der Waals surface area contributed by atoms with Crippen LogP contribution in [-0.4, -0.2) is 56.3 Å². The molecule has 0 amide bonds. The van der Waals surface area contributed by atoms with Gasteiger partial charge in [0, 0.05) is 36.3 Å². The zero-order chi connectivity index (χ0) is 27.6. The van der Waals surface area contributed by atoms with E-state index in [1.54, 1.807) is 30.3 Å². The number of halogens is 2. The van der Waals surface area contributed by atoms with Crippen molar-refractivity contribution in [2.24, 2.45) is 0 Å². The lowest BCUT2D eigenvalue weighted by Crippen LogP contribution is -2.33. The number of carbonyl (C=O) groups is 1. The van der Waals surface area contributed by atoms with Gasteiger partial charge >= 0.3 is 5.97 Å². The number of aromatic carboxylic acids is 1. The number of aromatic nitrogens is 3. The van der Waals surface area contributed by atoms with E-state index < -0.39 is 11.8 Å². The summed E-state index contributed by atoms with van der Waals surface area (Å²) in [6, 6.07) is 15.2. The van der Waals surface area contributed by atoms with Crippen LogP contribution in [0.3, 0.4) is 0 Å². The van der Waals surface area contributed by atoms with E-state index in [4.69, 9.17) is 26.1 Å². The standard InChI is InChI=1S/C30H28ClFN4O4/c31-22-6-4-21(24(32)15-22)18-40-29-3-1-2-25(34-29)19-8-11-35(12-9-19)17-28-33-26-14-20(30(37)38)5-7-27(26)36(28)16-23-10-13-39-23/h1-8,14-15,23H,9-13,16-18H2,(H,37,38)/t23-/m0/s1. The third kappa shape index (κ3) is 5.72. The molecule has 2 aliphatic heterocycles. The first-order valence-corrected chi connectivity index (χ1v) is 13.6. The molecule has 6 rings (SSSR count). The van der Waals surface area contributed by atoms with Gasteiger partial charge in [-0.3, -0.25) is 4.90 Å². The van der Waals surface area contributed by atoms with Gasteiger partial charge in [0.1, 0.15) is 18.2 Å². The van der Waals surface area contributed by atoms with Crippen molar-refractivity contribution in [3.05, 3.63) is 94.2 Å². The lowest BCUT2D eigenvalue weighted by Gasteiger charge is -2.29. The summed E-state index contributed by atoms with van der Waals surface area (Å²) >= 11 is 5.83. The molecule has 2 aromatic heterocycles. The molecule has 0 radical (unpaired) electrons. The molecular weight excluding hydrogens is 535 g/mol. The van der Waals surface area contributed by atoms with Gasteiger partial charge in [0.2, 0.25) is 5.88 Å². The van der Waals surface area contributed by atoms with E-state index in [0.717, 1.165) is 55.1 Å². The monoisotopic (exact) mass is 562 g/mol. The molecule has 8 nitrogen and oxygen atoms in total. The summed E-state index contributed by atoms with van der Waals surface area (Å²) in [5, 5.41) is 9.75. The van der Waals surface area contributed by atoms with Gasteiger partial charge in [-0.15, -0.1) is 0 Å². The first-order valence-electron chi connectivity index (χ1n) is 13.2. The maximum atomic E-state index is 14.1. The molecule has 1 N–H and O–H groups in total. The van der Waals surface area contributed by atoms with Crippen LogP contribution in [-0.2, 0) is 24.4 Å². The van der Waals surface area contributed by atoms with Crippen LogP contribution in [0.5, 0.6) is 5.88 Å². The highest BCUT2D eigenvalue weighted by Crippen LogP contribution is 2.27. The summed E-state index contributed by atoms with van der Waals surface area (Å²) in [7, 11) is 0. The number of nitrogens with zero attached hydrogens (tertiary/aromatic N) is 4. The van der Waals surface area contributed by atoms with Gasteiger partial charge in [-0.2, -0.15) is 0 Å². The fourth-order valence-corrected chi connectivity index (χ4v) is 5.18. The van der Waals surface area contributed by atoms with Crippen molar-refractivity contribution >= 4 is 34.2 Å². The molecule has 2 aromatic carbocycles. The number of benzene rings is 2. The van der Waals surface area contributed by atoms with Crippen molar-refractivity contribution in [3.8, 4) is 5.88 Å². The topological polar surface area (TPSA) is 89.7 Å². The van der Waals surface area contributed by atoms with E-state index in [-0.39, 0.29) is 18.3 Å². The van der Waals surface area contributed by atoms with E-state index in [9.17, 15) is 14.3 Å². The van der Waals surface area contributed by atoms with Crippen LogP contribution in [0.15, 0.2) is 60.7 Å². The fraction of sp³-hybridized carbons (Fsp3) is 0.300. The lowest BCUT2D eigenvalue weighted by molar-refractivity contribution is -0.0591. The number of hydrogen-bond acceptors (Lipinski definition) is 6. The van der Waals surface area contributed by atoms with E-state index in [1.807, 2.05) is 18.2 Å². The van der Waals surface area contributed by atoms with E-state index >= 15 is 0 Å². The highest BCUT2D eigenvalue weighted by atomic mass is 35.5. The summed E-state index contributed by atoms with van der Waals surface area (Å²) in [6.07, 6.45) is 4.13. The molecule has 4 heterocycles. The minimum absolute atomic E-state index is 0.0626. The summed E-state index contributed by atoms with van der Waals surface area (Å²) < 4.78 is 27.7. The summed E-state index contributed by atoms with van der Waals surface area (Å²) in [6.45, 7) is 3.71. The average molecular weight is 563 g/mol. The fourth-order valence-electron chi connectivity index (χ4n) is 5.02. The molecule has 1 saturated heterocycles. The summed E-state index contributed by atoms with van der Waals surface area (Å²) in [5.41, 5.74) is 4.21. The quantitative estimate of drug-likeness (QED) is 0.285. The Balaban J connectivity index is 1.15. The molecule has 0 unspecified atom stereocenters. The number of imidazole rings is 1. The molecule has 2 aliphatic rings. The van der Waals surface area contributed by atoms with Crippen LogP contribution >= 0.6 is 11.6 Å². The number of carboxylic acids is 1. The van der Waals surface area contributed by atoms with Crippen molar-refractivity contribution in [3.63, 3.8) is 0 Å². The Hall–Kier alpha value is -3.79. The Kier molecular flexibility index (Phi) is 7.51. The van der Waals surface area contributed by atoms with Gasteiger partial charge in [0.05, 0.1) is 41.5 Å². The second-order valence-corrected chi connectivity index (χ2v) is 10.5. The van der Waals surface area contributed by atoms with Crippen molar-refractivity contribution in [2.75, 3.05) is 19.7 Å². The molecule has 0 spiro atoms.